The van der Waals surface area contributed by atoms with Gasteiger partial charge in [-0.25, -0.2) is 4.98 Å². The summed E-state index contributed by atoms with van der Waals surface area (Å²) in [4.78, 5) is 32.2. The molecule has 1 fully saturated rings. The van der Waals surface area contributed by atoms with Crippen LogP contribution in [0, 0.1) is 11.3 Å². The maximum Gasteiger partial charge on any atom is 0.290 e. The van der Waals surface area contributed by atoms with Gasteiger partial charge in [-0.3, -0.25) is 14.0 Å². The van der Waals surface area contributed by atoms with Gasteiger partial charge in [-0.2, -0.15) is 5.26 Å². The Labute approximate surface area is 168 Å². The number of carbonyl (C=O) groups is 2. The normalized spacial score (nSPS) is 14.2. The van der Waals surface area contributed by atoms with Crippen LogP contribution in [0.2, 0.25) is 0 Å². The van der Waals surface area contributed by atoms with E-state index in [1.807, 2.05) is 23.1 Å². The van der Waals surface area contributed by atoms with E-state index in [2.05, 4.69) is 10.3 Å². The Hall–Kier alpha value is -3.66. The molecule has 1 N–H and O–H groups in total. The second-order valence-corrected chi connectivity index (χ2v) is 7.09. The summed E-state index contributed by atoms with van der Waals surface area (Å²) in [5, 5.41) is 11.7. The Balaban J connectivity index is 1.65. The molecular formula is C22H21N5O2. The number of benzene rings is 1. The molecule has 3 heterocycles. The first-order valence-electron chi connectivity index (χ1n) is 9.75. The average Bonchev–Trinajstić information content (AvgIpc) is 2.93. The fraction of sp³-hybridized carbons (Fsp3) is 0.273. The zero-order valence-corrected chi connectivity index (χ0v) is 16.0. The number of nitrogens with zero attached hydrogens (tertiary/aromatic N) is 4. The molecule has 1 aromatic carbocycles. The number of anilines is 1. The minimum atomic E-state index is -0.395. The van der Waals surface area contributed by atoms with E-state index in [1.54, 1.807) is 40.9 Å². The van der Waals surface area contributed by atoms with E-state index in [9.17, 15) is 9.59 Å². The third kappa shape index (κ3) is 3.83. The van der Waals surface area contributed by atoms with Gasteiger partial charge in [-0.15, -0.1) is 0 Å². The Bertz CT molecular complexity index is 1090. The standard InChI is InChI=1S/C22H21N5O2/c23-15-16-8-10-17(11-9-16)24-21(28)19-18-7-3-6-14-27(18)20(25-19)22(29)26-12-4-1-2-5-13-26/h3,6-11,14H,1-2,4-5,12-13H2,(H,24,28). The van der Waals surface area contributed by atoms with Crippen LogP contribution in [0.1, 0.15) is 52.4 Å². The Morgan fingerprint density at radius 1 is 1.00 bits per heavy atom. The number of nitriles is 1. The molecule has 0 atom stereocenters. The molecule has 29 heavy (non-hydrogen) atoms. The summed E-state index contributed by atoms with van der Waals surface area (Å²) in [6.07, 6.45) is 5.99. The lowest BCUT2D eigenvalue weighted by Gasteiger charge is -2.19. The van der Waals surface area contributed by atoms with E-state index in [0.717, 1.165) is 25.7 Å². The minimum absolute atomic E-state index is 0.148. The first-order valence-corrected chi connectivity index (χ1v) is 9.75. The molecule has 146 valence electrons. The summed E-state index contributed by atoms with van der Waals surface area (Å²) in [5.74, 6) is -0.286. The molecule has 7 heteroatoms. The van der Waals surface area contributed by atoms with Crippen molar-refractivity contribution in [2.24, 2.45) is 0 Å². The number of nitrogens with one attached hydrogen (secondary N) is 1. The van der Waals surface area contributed by atoms with Crippen LogP contribution in [-0.4, -0.2) is 39.2 Å². The highest BCUT2D eigenvalue weighted by atomic mass is 16.2. The fourth-order valence-corrected chi connectivity index (χ4v) is 3.59. The number of fused-ring (bicyclic) bond motifs is 1. The van der Waals surface area contributed by atoms with Crippen LogP contribution in [-0.2, 0) is 0 Å². The average molecular weight is 387 g/mol. The quantitative estimate of drug-likeness (QED) is 0.745. The lowest BCUT2D eigenvalue weighted by molar-refractivity contribution is 0.0748. The van der Waals surface area contributed by atoms with Gasteiger partial charge < -0.3 is 10.2 Å². The third-order valence-electron chi connectivity index (χ3n) is 5.12. The van der Waals surface area contributed by atoms with Crippen molar-refractivity contribution in [2.75, 3.05) is 18.4 Å². The van der Waals surface area contributed by atoms with Gasteiger partial charge in [0.25, 0.3) is 11.8 Å². The van der Waals surface area contributed by atoms with E-state index in [1.165, 1.54) is 0 Å². The second-order valence-electron chi connectivity index (χ2n) is 7.09. The molecule has 7 nitrogen and oxygen atoms in total. The Kier molecular flexibility index (Phi) is 5.25. The van der Waals surface area contributed by atoms with E-state index in [-0.39, 0.29) is 17.4 Å². The number of aromatic nitrogens is 2. The smallest absolute Gasteiger partial charge is 0.290 e. The SMILES string of the molecule is N#Cc1ccc(NC(=O)c2nc(C(=O)N3CCCCCC3)n3ccccc23)cc1. The number of carbonyl (C=O) groups excluding carboxylic acids is 2. The first kappa shape index (κ1) is 18.7. The molecular weight excluding hydrogens is 366 g/mol. The van der Waals surface area contributed by atoms with Gasteiger partial charge in [0.1, 0.15) is 0 Å². The summed E-state index contributed by atoms with van der Waals surface area (Å²) >= 11 is 0. The van der Waals surface area contributed by atoms with Crippen LogP contribution in [0.4, 0.5) is 5.69 Å². The van der Waals surface area contributed by atoms with Crippen molar-refractivity contribution in [3.05, 3.63) is 65.7 Å². The van der Waals surface area contributed by atoms with E-state index >= 15 is 0 Å². The summed E-state index contributed by atoms with van der Waals surface area (Å²) in [6.45, 7) is 1.43. The monoisotopic (exact) mass is 387 g/mol. The second kappa shape index (κ2) is 8.15. The molecule has 1 aliphatic heterocycles. The van der Waals surface area contributed by atoms with Gasteiger partial charge >= 0.3 is 0 Å². The molecule has 1 saturated heterocycles. The van der Waals surface area contributed by atoms with Crippen molar-refractivity contribution in [2.45, 2.75) is 25.7 Å². The molecule has 0 bridgehead atoms. The first-order chi connectivity index (χ1) is 14.2. The number of hydrogen-bond acceptors (Lipinski definition) is 4. The molecule has 0 aliphatic carbocycles. The minimum Gasteiger partial charge on any atom is -0.336 e. The molecule has 0 saturated carbocycles. The number of hydrogen-bond donors (Lipinski definition) is 1. The lowest BCUT2D eigenvalue weighted by Crippen LogP contribution is -2.33. The number of amides is 2. The van der Waals surface area contributed by atoms with Crippen molar-refractivity contribution in [3.63, 3.8) is 0 Å². The Morgan fingerprint density at radius 2 is 1.72 bits per heavy atom. The van der Waals surface area contributed by atoms with Crippen molar-refractivity contribution in [1.29, 1.82) is 5.26 Å². The lowest BCUT2D eigenvalue weighted by atomic mass is 10.2. The van der Waals surface area contributed by atoms with E-state index < -0.39 is 5.91 Å². The highest BCUT2D eigenvalue weighted by molar-refractivity contribution is 6.09. The predicted octanol–water partition coefficient (Wildman–Crippen LogP) is 3.47. The van der Waals surface area contributed by atoms with Crippen LogP contribution < -0.4 is 5.32 Å². The number of pyridine rings is 1. The zero-order chi connectivity index (χ0) is 20.2. The molecule has 2 aromatic heterocycles. The zero-order valence-electron chi connectivity index (χ0n) is 16.0. The molecule has 0 unspecified atom stereocenters. The number of imidazole rings is 1. The van der Waals surface area contributed by atoms with Crippen molar-refractivity contribution < 1.29 is 9.59 Å². The molecule has 3 aromatic rings. The van der Waals surface area contributed by atoms with Crippen molar-refractivity contribution in [3.8, 4) is 6.07 Å². The number of likely N-dealkylation sites (tertiary alicyclic amines) is 1. The van der Waals surface area contributed by atoms with Crippen LogP contribution in [0.3, 0.4) is 0 Å². The van der Waals surface area contributed by atoms with Crippen molar-refractivity contribution in [1.82, 2.24) is 14.3 Å². The molecule has 0 radical (unpaired) electrons. The molecule has 4 rings (SSSR count). The maximum atomic E-state index is 13.1. The Morgan fingerprint density at radius 3 is 2.41 bits per heavy atom. The highest BCUT2D eigenvalue weighted by Crippen LogP contribution is 2.19. The summed E-state index contributed by atoms with van der Waals surface area (Å²) < 4.78 is 1.68. The maximum absolute atomic E-state index is 13.1. The van der Waals surface area contributed by atoms with Crippen LogP contribution in [0.15, 0.2) is 48.7 Å². The van der Waals surface area contributed by atoms with E-state index in [4.69, 9.17) is 5.26 Å². The largest absolute Gasteiger partial charge is 0.336 e. The molecule has 1 aliphatic rings. The van der Waals surface area contributed by atoms with Crippen LogP contribution >= 0.6 is 0 Å². The van der Waals surface area contributed by atoms with Crippen LogP contribution in [0.5, 0.6) is 0 Å². The van der Waals surface area contributed by atoms with Gasteiger partial charge in [0.05, 0.1) is 17.1 Å². The van der Waals surface area contributed by atoms with Gasteiger partial charge in [0.2, 0.25) is 5.82 Å². The number of rotatable bonds is 3. The van der Waals surface area contributed by atoms with E-state index in [0.29, 0.717) is 29.9 Å². The van der Waals surface area contributed by atoms with Gasteiger partial charge in [-0.05, 0) is 49.2 Å². The fourth-order valence-electron chi connectivity index (χ4n) is 3.59. The van der Waals surface area contributed by atoms with Gasteiger partial charge in [-0.1, -0.05) is 18.9 Å². The van der Waals surface area contributed by atoms with Crippen molar-refractivity contribution >= 4 is 23.0 Å². The summed E-state index contributed by atoms with van der Waals surface area (Å²) in [7, 11) is 0. The molecule has 2 amide bonds. The third-order valence-corrected chi connectivity index (χ3v) is 5.12. The predicted molar refractivity (Wildman–Crippen MR) is 109 cm³/mol. The van der Waals surface area contributed by atoms with Crippen LogP contribution in [0.25, 0.3) is 5.52 Å². The van der Waals surface area contributed by atoms with Gasteiger partial charge in [0.15, 0.2) is 5.69 Å². The molecule has 0 spiro atoms. The summed E-state index contributed by atoms with van der Waals surface area (Å²) in [6, 6.07) is 14.1. The van der Waals surface area contributed by atoms with Gasteiger partial charge in [0, 0.05) is 25.0 Å². The topological polar surface area (TPSA) is 90.5 Å². The summed E-state index contributed by atoms with van der Waals surface area (Å²) in [5.41, 5.74) is 1.86. The highest BCUT2D eigenvalue weighted by Gasteiger charge is 2.25.